The van der Waals surface area contributed by atoms with E-state index in [9.17, 15) is 86.5 Å². The second kappa shape index (κ2) is 20.8. The summed E-state index contributed by atoms with van der Waals surface area (Å²) in [4.78, 5) is 12.3. The second-order valence-electron chi connectivity index (χ2n) is 14.7. The highest BCUT2D eigenvalue weighted by Crippen LogP contribution is 2.34. The van der Waals surface area contributed by atoms with Gasteiger partial charge in [-0.05, 0) is 0 Å². The number of carbonyl (C=O) groups excluding carboxylic acids is 1. The van der Waals surface area contributed by atoms with Gasteiger partial charge in [0.05, 0.1) is 33.0 Å². The predicted molar refractivity (Wildman–Crippen MR) is 178 cm³/mol. The van der Waals surface area contributed by atoms with Crippen molar-refractivity contribution < 1.29 is 129 Å². The number of hydrogen-bond acceptors (Lipinski definition) is 26. The Balaban J connectivity index is 1.29. The van der Waals surface area contributed by atoms with Crippen molar-refractivity contribution in [2.75, 3.05) is 33.0 Å². The van der Waals surface area contributed by atoms with Crippen molar-refractivity contribution in [2.24, 2.45) is 0 Å². The summed E-state index contributed by atoms with van der Waals surface area (Å²) in [6, 6.07) is -1.60. The van der Waals surface area contributed by atoms with Crippen LogP contribution in [0.25, 0.3) is 0 Å². The van der Waals surface area contributed by atoms with Crippen LogP contribution in [0.15, 0.2) is 0 Å². The van der Waals surface area contributed by atoms with Gasteiger partial charge in [-0.25, -0.2) is 0 Å². The molecule has 25 atom stereocenters. The van der Waals surface area contributed by atoms with Crippen molar-refractivity contribution >= 4 is 5.91 Å². The van der Waals surface area contributed by atoms with Crippen LogP contribution in [-0.2, 0) is 47.4 Å². The van der Waals surface area contributed by atoms with E-state index in [-0.39, 0.29) is 0 Å². The molecule has 1 amide bonds. The summed E-state index contributed by atoms with van der Waals surface area (Å²) in [5.41, 5.74) is 0. The Morgan fingerprint density at radius 2 is 0.864 bits per heavy atom. The van der Waals surface area contributed by atoms with Crippen LogP contribution < -0.4 is 5.32 Å². The minimum atomic E-state index is -2.07. The molecule has 0 saturated carbocycles. The normalized spacial score (nSPS) is 51.0. The number of aliphatic hydroxyl groups excluding tert-OH is 16. The van der Waals surface area contributed by atoms with Crippen molar-refractivity contribution in [3.63, 3.8) is 0 Å². The van der Waals surface area contributed by atoms with Crippen LogP contribution in [0.5, 0.6) is 0 Å². The first-order valence-corrected chi connectivity index (χ1v) is 18.6. The summed E-state index contributed by atoms with van der Waals surface area (Å²) in [6.45, 7) is -3.28. The minimum absolute atomic E-state index is 0.766. The molecule has 5 saturated heterocycles. The first-order chi connectivity index (χ1) is 27.9. The molecule has 0 aromatic carbocycles. The van der Waals surface area contributed by atoms with Gasteiger partial charge < -0.3 is 130 Å². The molecule has 0 radical (unpaired) electrons. The third kappa shape index (κ3) is 10.3. The van der Waals surface area contributed by atoms with Crippen LogP contribution >= 0.6 is 0 Å². The molecule has 0 aromatic heterocycles. The topological polar surface area (TPSA) is 436 Å². The lowest BCUT2D eigenvalue weighted by atomic mass is 9.95. The quantitative estimate of drug-likeness (QED) is 0.0770. The Hall–Kier alpha value is -1.53. The van der Waals surface area contributed by atoms with E-state index in [2.05, 4.69) is 5.32 Å². The molecule has 0 bridgehead atoms. The maximum Gasteiger partial charge on any atom is 0.217 e. The highest BCUT2D eigenvalue weighted by atomic mass is 16.8. The zero-order valence-corrected chi connectivity index (χ0v) is 31.2. The minimum Gasteiger partial charge on any atom is -0.394 e. The molecule has 17 N–H and O–H groups in total. The van der Waals surface area contributed by atoms with Gasteiger partial charge >= 0.3 is 0 Å². The van der Waals surface area contributed by atoms with Crippen LogP contribution in [0.1, 0.15) is 6.92 Å². The van der Waals surface area contributed by atoms with E-state index in [0.717, 1.165) is 6.92 Å². The Morgan fingerprint density at radius 3 is 1.39 bits per heavy atom. The number of hydrogen-bond donors (Lipinski definition) is 17. The fourth-order valence-electron chi connectivity index (χ4n) is 7.33. The molecule has 0 aromatic rings. The summed E-state index contributed by atoms with van der Waals surface area (Å²) >= 11 is 0. The van der Waals surface area contributed by atoms with Gasteiger partial charge in [-0.3, -0.25) is 4.79 Å². The Bertz CT molecular complexity index is 1320. The van der Waals surface area contributed by atoms with E-state index in [0.29, 0.717) is 0 Å². The highest BCUT2D eigenvalue weighted by molar-refractivity contribution is 5.73. The lowest BCUT2D eigenvalue weighted by Gasteiger charge is -2.49. The van der Waals surface area contributed by atoms with Crippen LogP contribution in [-0.4, -0.2) is 274 Å². The van der Waals surface area contributed by atoms with Gasteiger partial charge in [0.2, 0.25) is 5.91 Å². The molecule has 5 aliphatic rings. The lowest BCUT2D eigenvalue weighted by molar-refractivity contribution is -0.378. The van der Waals surface area contributed by atoms with Crippen molar-refractivity contribution in [1.82, 2.24) is 5.32 Å². The summed E-state index contributed by atoms with van der Waals surface area (Å²) < 4.78 is 49.9. The summed E-state index contributed by atoms with van der Waals surface area (Å²) in [7, 11) is 0. The van der Waals surface area contributed by atoms with Crippen molar-refractivity contribution in [2.45, 2.75) is 160 Å². The monoisotopic (exact) mass is 869 g/mol. The van der Waals surface area contributed by atoms with E-state index in [1.807, 2.05) is 0 Å². The molecule has 5 fully saturated rings. The second-order valence-corrected chi connectivity index (χ2v) is 14.7. The molecular weight excluding hydrogens is 814 g/mol. The molecule has 27 heteroatoms. The number of amides is 1. The third-order valence-electron chi connectivity index (χ3n) is 10.7. The Labute approximate surface area is 333 Å². The van der Waals surface area contributed by atoms with Gasteiger partial charge in [0.1, 0.15) is 122 Å². The summed E-state index contributed by atoms with van der Waals surface area (Å²) in [6.07, 6.45) is -43.5. The van der Waals surface area contributed by atoms with Crippen LogP contribution in [0.2, 0.25) is 0 Å². The molecule has 5 aliphatic heterocycles. The summed E-state index contributed by atoms with van der Waals surface area (Å²) in [5, 5.41) is 169. The zero-order valence-electron chi connectivity index (χ0n) is 31.2. The number of nitrogens with one attached hydrogen (secondary N) is 1. The average molecular weight is 870 g/mol. The smallest absolute Gasteiger partial charge is 0.217 e. The Morgan fingerprint density at radius 1 is 0.441 bits per heavy atom. The Kier molecular flexibility index (Phi) is 17.1. The van der Waals surface area contributed by atoms with Gasteiger partial charge in [0.15, 0.2) is 31.5 Å². The molecule has 5 heterocycles. The number of aliphatic hydroxyl groups is 16. The fraction of sp³-hybridized carbons (Fsp3) is 0.969. The predicted octanol–water partition coefficient (Wildman–Crippen LogP) is -11.8. The zero-order chi connectivity index (χ0) is 43.6. The standard InChI is InChI=1S/C32H55NO26/c1-7(38)33-13-17(42)25(57-32-24(49)27(16(41)9(3-35)54-32)59-30-22(47)18(43)14(39)8(2-34)53-30)11(5-37)55-29(13)51-6-12-15(40)19(44)23(48)31(56-12)58-26-10(4-36)52-28(50)21(46)20(26)45/h8-32,34-37,39-50H,2-6H2,1H3,(H,33,38)/t8-,9-,10-,11-,12-,13-,14+,15+,16+,17-,18+,19+,20-,21-,22-,23-,24-,25-,26-,27+,28?,29-,30-,31+,32+/m1/s1. The van der Waals surface area contributed by atoms with E-state index in [1.54, 1.807) is 0 Å². The molecular formula is C32H55NO26. The average Bonchev–Trinajstić information content (AvgIpc) is 3.21. The number of rotatable bonds is 14. The van der Waals surface area contributed by atoms with Crippen LogP contribution in [0.4, 0.5) is 0 Å². The molecule has 0 spiro atoms. The lowest BCUT2D eigenvalue weighted by Crippen LogP contribution is -2.68. The van der Waals surface area contributed by atoms with E-state index >= 15 is 0 Å². The molecule has 27 nitrogen and oxygen atoms in total. The van der Waals surface area contributed by atoms with Crippen LogP contribution in [0, 0.1) is 0 Å². The van der Waals surface area contributed by atoms with Crippen molar-refractivity contribution in [3.05, 3.63) is 0 Å². The first-order valence-electron chi connectivity index (χ1n) is 18.6. The largest absolute Gasteiger partial charge is 0.394 e. The van der Waals surface area contributed by atoms with E-state index in [4.69, 9.17) is 42.6 Å². The highest BCUT2D eigenvalue weighted by Gasteiger charge is 2.55. The van der Waals surface area contributed by atoms with Gasteiger partial charge in [-0.15, -0.1) is 0 Å². The number of carbonyl (C=O) groups is 1. The van der Waals surface area contributed by atoms with Gasteiger partial charge in [-0.2, -0.15) is 0 Å². The van der Waals surface area contributed by atoms with E-state index in [1.165, 1.54) is 0 Å². The van der Waals surface area contributed by atoms with Crippen LogP contribution in [0.3, 0.4) is 0 Å². The molecule has 0 aliphatic carbocycles. The van der Waals surface area contributed by atoms with Crippen molar-refractivity contribution in [1.29, 1.82) is 0 Å². The van der Waals surface area contributed by atoms with Gasteiger partial charge in [0, 0.05) is 6.92 Å². The fourth-order valence-corrected chi connectivity index (χ4v) is 7.33. The summed E-state index contributed by atoms with van der Waals surface area (Å²) in [5.74, 6) is -0.766. The molecule has 1 unspecified atom stereocenters. The third-order valence-corrected chi connectivity index (χ3v) is 10.7. The molecule has 59 heavy (non-hydrogen) atoms. The molecule has 344 valence electrons. The number of ether oxygens (including phenoxy) is 9. The first kappa shape index (κ1) is 48.5. The van der Waals surface area contributed by atoms with Gasteiger partial charge in [0.25, 0.3) is 0 Å². The molecule has 5 rings (SSSR count). The van der Waals surface area contributed by atoms with E-state index < -0.39 is 192 Å². The van der Waals surface area contributed by atoms with Gasteiger partial charge in [-0.1, -0.05) is 0 Å². The van der Waals surface area contributed by atoms with Crippen molar-refractivity contribution in [3.8, 4) is 0 Å². The SMILES string of the molecule is CC(=O)N[C@H]1[C@H](OC[C@H]2O[C@@H](O[C@H]3[C@H](O)[C@@H](O)C(O)O[C@@H]3CO)[C@H](O)[C@@H](O)[C@H]2O)O[C@H](CO)[C@@H](O[C@@H]2O[C@H](CO)[C@H](O)[C@H](O[C@H]3O[C@H](CO)[C@H](O)[C@H](O)[C@H]3O)[C@H]2O)[C@@H]1O. The maximum absolute atomic E-state index is 12.3. The maximum atomic E-state index is 12.3.